The molecule has 2 atom stereocenters. The van der Waals surface area contributed by atoms with Gasteiger partial charge in [0.05, 0.1) is 11.5 Å². The average Bonchev–Trinajstić information content (AvgIpc) is 3.04. The van der Waals surface area contributed by atoms with Crippen LogP contribution in [-0.4, -0.2) is 31.4 Å². The Morgan fingerprint density at radius 3 is 2.58 bits per heavy atom. The third-order valence-corrected chi connectivity index (χ3v) is 5.99. The minimum Gasteiger partial charge on any atom is -0.392 e. The molecular weight excluding hydrogens is 262 g/mol. The molecule has 1 aromatic rings. The fourth-order valence-electron chi connectivity index (χ4n) is 2.36. The Kier molecular flexibility index (Phi) is 3.99. The lowest BCUT2D eigenvalue weighted by Crippen LogP contribution is -2.30. The Labute approximate surface area is 115 Å². The van der Waals surface area contributed by atoms with Gasteiger partial charge in [-0.25, -0.2) is 12.7 Å². The minimum absolute atomic E-state index is 0.140. The summed E-state index contributed by atoms with van der Waals surface area (Å²) >= 11 is 0. The van der Waals surface area contributed by atoms with Gasteiger partial charge in [-0.15, -0.1) is 0 Å². The zero-order chi connectivity index (χ0) is 14.2. The lowest BCUT2D eigenvalue weighted by atomic mass is 10.1. The van der Waals surface area contributed by atoms with Crippen LogP contribution in [-0.2, 0) is 16.6 Å². The molecule has 0 bridgehead atoms. The molecule has 1 aliphatic rings. The summed E-state index contributed by atoms with van der Waals surface area (Å²) in [5.74, 6) is 1.11. The molecule has 1 aromatic carbocycles. The molecule has 0 spiro atoms. The van der Waals surface area contributed by atoms with Crippen molar-refractivity contribution in [2.45, 2.75) is 31.8 Å². The van der Waals surface area contributed by atoms with E-state index in [0.717, 1.165) is 6.42 Å². The van der Waals surface area contributed by atoms with E-state index in [1.165, 1.54) is 4.31 Å². The number of benzene rings is 1. The van der Waals surface area contributed by atoms with E-state index in [-0.39, 0.29) is 6.61 Å². The van der Waals surface area contributed by atoms with E-state index in [1.54, 1.807) is 32.2 Å². The Morgan fingerprint density at radius 1 is 1.42 bits per heavy atom. The van der Waals surface area contributed by atoms with E-state index in [1.807, 2.05) is 0 Å². The van der Waals surface area contributed by atoms with E-state index in [9.17, 15) is 13.5 Å². The van der Waals surface area contributed by atoms with E-state index < -0.39 is 10.0 Å². The molecule has 5 heteroatoms. The van der Waals surface area contributed by atoms with Crippen LogP contribution in [0.25, 0.3) is 0 Å². The number of hydrogen-bond acceptors (Lipinski definition) is 3. The van der Waals surface area contributed by atoms with Crippen LogP contribution < -0.4 is 0 Å². The van der Waals surface area contributed by atoms with Crippen molar-refractivity contribution in [1.29, 1.82) is 0 Å². The lowest BCUT2D eigenvalue weighted by molar-refractivity contribution is 0.280. The minimum atomic E-state index is -3.46. The van der Waals surface area contributed by atoms with Gasteiger partial charge in [-0.2, -0.15) is 0 Å². The second-order valence-electron chi connectivity index (χ2n) is 5.46. The van der Waals surface area contributed by atoms with E-state index in [4.69, 9.17) is 0 Å². The summed E-state index contributed by atoms with van der Waals surface area (Å²) in [4.78, 5) is 0.301. The largest absolute Gasteiger partial charge is 0.392 e. The normalized spacial score (nSPS) is 22.8. The molecule has 1 aliphatic carbocycles. The van der Waals surface area contributed by atoms with Crippen molar-refractivity contribution in [2.75, 3.05) is 13.6 Å². The van der Waals surface area contributed by atoms with Crippen LogP contribution in [0, 0.1) is 18.8 Å². The first kappa shape index (κ1) is 14.5. The van der Waals surface area contributed by atoms with Crippen molar-refractivity contribution in [3.05, 3.63) is 29.3 Å². The van der Waals surface area contributed by atoms with E-state index in [2.05, 4.69) is 6.92 Å². The topological polar surface area (TPSA) is 57.6 Å². The summed E-state index contributed by atoms with van der Waals surface area (Å²) in [5.41, 5.74) is 1.30. The van der Waals surface area contributed by atoms with Gasteiger partial charge in [0.25, 0.3) is 0 Å². The van der Waals surface area contributed by atoms with Gasteiger partial charge >= 0.3 is 0 Å². The molecule has 19 heavy (non-hydrogen) atoms. The van der Waals surface area contributed by atoms with Crippen molar-refractivity contribution in [2.24, 2.45) is 11.8 Å². The highest BCUT2D eigenvalue weighted by Crippen LogP contribution is 2.39. The second kappa shape index (κ2) is 5.23. The summed E-state index contributed by atoms with van der Waals surface area (Å²) in [6.07, 6.45) is 1.11. The van der Waals surface area contributed by atoms with Gasteiger partial charge in [-0.3, -0.25) is 0 Å². The standard InChI is InChI=1S/C14H21NO3S/c1-10-7-13(10)8-15(3)19(17,18)14-6-4-5-12(9-16)11(14)2/h4-6,10,13,16H,7-9H2,1-3H3. The number of sulfonamides is 1. The van der Waals surface area contributed by atoms with Gasteiger partial charge in [0.15, 0.2) is 0 Å². The molecule has 106 valence electrons. The van der Waals surface area contributed by atoms with Crippen molar-refractivity contribution in [3.63, 3.8) is 0 Å². The molecule has 0 saturated heterocycles. The average molecular weight is 283 g/mol. The summed E-state index contributed by atoms with van der Waals surface area (Å²) < 4.78 is 26.5. The molecule has 0 aromatic heterocycles. The van der Waals surface area contributed by atoms with Crippen molar-refractivity contribution in [3.8, 4) is 0 Å². The highest BCUT2D eigenvalue weighted by Gasteiger charge is 2.36. The monoisotopic (exact) mass is 283 g/mol. The first-order valence-electron chi connectivity index (χ1n) is 6.53. The maximum atomic E-state index is 12.5. The number of nitrogens with zero attached hydrogens (tertiary/aromatic N) is 1. The van der Waals surface area contributed by atoms with Crippen LogP contribution in [0.4, 0.5) is 0 Å². The van der Waals surface area contributed by atoms with E-state index >= 15 is 0 Å². The van der Waals surface area contributed by atoms with Gasteiger partial charge < -0.3 is 5.11 Å². The molecule has 1 N–H and O–H groups in total. The summed E-state index contributed by atoms with van der Waals surface area (Å²) in [6, 6.07) is 5.03. The fraction of sp³-hybridized carbons (Fsp3) is 0.571. The third kappa shape index (κ3) is 2.83. The number of rotatable bonds is 5. The lowest BCUT2D eigenvalue weighted by Gasteiger charge is -2.19. The van der Waals surface area contributed by atoms with Gasteiger partial charge in [0.1, 0.15) is 0 Å². The maximum Gasteiger partial charge on any atom is 0.243 e. The summed E-state index contributed by atoms with van der Waals surface area (Å²) in [6.45, 7) is 4.32. The molecule has 0 heterocycles. The molecule has 0 amide bonds. The van der Waals surface area contributed by atoms with Crippen molar-refractivity contribution < 1.29 is 13.5 Å². The molecule has 2 unspecified atom stereocenters. The molecule has 0 radical (unpaired) electrons. The molecule has 4 nitrogen and oxygen atoms in total. The van der Waals surface area contributed by atoms with E-state index in [0.29, 0.717) is 34.4 Å². The van der Waals surface area contributed by atoms with Crippen LogP contribution in [0.5, 0.6) is 0 Å². The zero-order valence-corrected chi connectivity index (χ0v) is 12.4. The van der Waals surface area contributed by atoms with Crippen molar-refractivity contribution in [1.82, 2.24) is 4.31 Å². The van der Waals surface area contributed by atoms with Gasteiger partial charge in [0.2, 0.25) is 10.0 Å². The first-order valence-corrected chi connectivity index (χ1v) is 7.97. The summed E-state index contributed by atoms with van der Waals surface area (Å²) in [5, 5.41) is 9.23. The molecular formula is C14H21NO3S. The number of hydrogen-bond donors (Lipinski definition) is 1. The van der Waals surface area contributed by atoms with Crippen molar-refractivity contribution >= 4 is 10.0 Å². The predicted octanol–water partition coefficient (Wildman–Crippen LogP) is 1.76. The molecule has 0 aliphatic heterocycles. The van der Waals surface area contributed by atoms with Crippen LogP contribution in [0.1, 0.15) is 24.5 Å². The molecule has 1 fully saturated rings. The smallest absolute Gasteiger partial charge is 0.243 e. The molecule has 1 saturated carbocycles. The van der Waals surface area contributed by atoms with Crippen LogP contribution >= 0.6 is 0 Å². The second-order valence-corrected chi connectivity index (χ2v) is 7.47. The Hall–Kier alpha value is -0.910. The SMILES string of the molecule is Cc1c(CO)cccc1S(=O)(=O)N(C)CC1CC1C. The predicted molar refractivity (Wildman–Crippen MR) is 74.2 cm³/mol. The third-order valence-electron chi connectivity index (χ3n) is 4.02. The Bertz CT molecular complexity index is 568. The van der Waals surface area contributed by atoms with Crippen LogP contribution in [0.2, 0.25) is 0 Å². The quantitative estimate of drug-likeness (QED) is 0.896. The van der Waals surface area contributed by atoms with Gasteiger partial charge in [0, 0.05) is 13.6 Å². The van der Waals surface area contributed by atoms with Crippen LogP contribution in [0.15, 0.2) is 23.1 Å². The Morgan fingerprint density at radius 2 is 2.05 bits per heavy atom. The molecule has 2 rings (SSSR count). The number of aliphatic hydroxyl groups is 1. The first-order chi connectivity index (χ1) is 8.87. The van der Waals surface area contributed by atoms with Gasteiger partial charge in [-0.1, -0.05) is 19.1 Å². The number of aliphatic hydroxyl groups excluding tert-OH is 1. The van der Waals surface area contributed by atoms with Gasteiger partial charge in [-0.05, 0) is 42.4 Å². The van der Waals surface area contributed by atoms with Crippen LogP contribution in [0.3, 0.4) is 0 Å². The fourth-order valence-corrected chi connectivity index (χ4v) is 3.85. The maximum absolute atomic E-state index is 12.5. The summed E-state index contributed by atoms with van der Waals surface area (Å²) in [7, 11) is -1.83. The highest BCUT2D eigenvalue weighted by atomic mass is 32.2. The highest BCUT2D eigenvalue weighted by molar-refractivity contribution is 7.89. The Balaban J connectivity index is 2.28. The zero-order valence-electron chi connectivity index (χ0n) is 11.6.